The van der Waals surface area contributed by atoms with Gasteiger partial charge < -0.3 is 5.32 Å². The second-order valence-corrected chi connectivity index (χ2v) is 6.98. The number of hydrogen-bond acceptors (Lipinski definition) is 5. The van der Waals surface area contributed by atoms with Crippen LogP contribution >= 0.6 is 0 Å². The number of nitrogens with zero attached hydrogens (tertiary/aromatic N) is 5. The van der Waals surface area contributed by atoms with Crippen molar-refractivity contribution < 1.29 is 4.79 Å². The number of rotatable bonds is 4. The molecule has 3 aromatic rings. The first-order chi connectivity index (χ1) is 12.7. The molecule has 0 saturated carbocycles. The van der Waals surface area contributed by atoms with E-state index in [1.54, 1.807) is 18.3 Å². The molecular weight excluding hydrogens is 328 g/mol. The number of benzene rings is 1. The van der Waals surface area contributed by atoms with Gasteiger partial charge in [-0.2, -0.15) is 4.52 Å². The number of aromatic nitrogens is 4. The van der Waals surface area contributed by atoms with Crippen molar-refractivity contribution in [3.63, 3.8) is 0 Å². The Morgan fingerprint density at radius 1 is 1.23 bits per heavy atom. The van der Waals surface area contributed by atoms with Crippen LogP contribution in [0.15, 0.2) is 42.6 Å². The Hall–Kier alpha value is -2.80. The summed E-state index contributed by atoms with van der Waals surface area (Å²) in [6.45, 7) is 5.51. The zero-order valence-corrected chi connectivity index (χ0v) is 14.8. The maximum Gasteiger partial charge on any atom is 0.259 e. The van der Waals surface area contributed by atoms with Crippen molar-refractivity contribution >= 4 is 17.2 Å². The van der Waals surface area contributed by atoms with Crippen molar-refractivity contribution in [2.24, 2.45) is 5.92 Å². The maximum absolute atomic E-state index is 12.6. The van der Waals surface area contributed by atoms with Crippen molar-refractivity contribution in [2.45, 2.75) is 26.3 Å². The quantitative estimate of drug-likeness (QED) is 0.783. The number of carbonyl (C=O) groups is 1. The van der Waals surface area contributed by atoms with Gasteiger partial charge in [0, 0.05) is 18.4 Å². The van der Waals surface area contributed by atoms with Gasteiger partial charge in [0.2, 0.25) is 0 Å². The fourth-order valence-corrected chi connectivity index (χ4v) is 3.37. The number of amides is 1. The fraction of sp³-hybridized carbons (Fsp3) is 0.368. The zero-order chi connectivity index (χ0) is 17.9. The summed E-state index contributed by atoms with van der Waals surface area (Å²) in [4.78, 5) is 15.1. The predicted molar refractivity (Wildman–Crippen MR) is 98.9 cm³/mol. The minimum Gasteiger partial charge on any atom is -0.322 e. The van der Waals surface area contributed by atoms with Gasteiger partial charge in [0.15, 0.2) is 5.65 Å². The maximum atomic E-state index is 12.6. The lowest BCUT2D eigenvalue weighted by Crippen LogP contribution is -2.32. The molecule has 2 aromatic heterocycles. The van der Waals surface area contributed by atoms with Crippen LogP contribution in [0.5, 0.6) is 0 Å². The fourth-order valence-electron chi connectivity index (χ4n) is 3.37. The lowest BCUT2D eigenvalue weighted by Gasteiger charge is -2.30. The number of piperidine rings is 1. The minimum atomic E-state index is -0.214. The Bertz CT molecular complexity index is 913. The third-order valence-electron chi connectivity index (χ3n) is 4.94. The highest BCUT2D eigenvalue weighted by Crippen LogP contribution is 2.20. The number of anilines is 1. The van der Waals surface area contributed by atoms with Crippen LogP contribution in [0.25, 0.3) is 5.65 Å². The molecule has 1 amide bonds. The Balaban J connectivity index is 1.46. The van der Waals surface area contributed by atoms with E-state index in [0.717, 1.165) is 31.2 Å². The summed E-state index contributed by atoms with van der Waals surface area (Å²) in [5.74, 6) is 0.612. The molecule has 0 radical (unpaired) electrons. The van der Waals surface area contributed by atoms with Gasteiger partial charge in [0.25, 0.3) is 5.91 Å². The first-order valence-electron chi connectivity index (χ1n) is 8.98. The topological polar surface area (TPSA) is 75.4 Å². The van der Waals surface area contributed by atoms with Gasteiger partial charge in [0.05, 0.1) is 5.56 Å². The lowest BCUT2D eigenvalue weighted by molar-refractivity contribution is 0.102. The smallest absolute Gasteiger partial charge is 0.259 e. The highest BCUT2D eigenvalue weighted by Gasteiger charge is 2.16. The Labute approximate surface area is 152 Å². The van der Waals surface area contributed by atoms with Gasteiger partial charge >= 0.3 is 0 Å². The van der Waals surface area contributed by atoms with E-state index < -0.39 is 0 Å². The van der Waals surface area contributed by atoms with E-state index in [2.05, 4.69) is 38.7 Å². The van der Waals surface area contributed by atoms with E-state index >= 15 is 0 Å². The number of fused-ring (bicyclic) bond motifs is 1. The Morgan fingerprint density at radius 2 is 2.08 bits per heavy atom. The van der Waals surface area contributed by atoms with Crippen LogP contribution in [0.1, 0.15) is 35.7 Å². The summed E-state index contributed by atoms with van der Waals surface area (Å²) < 4.78 is 1.49. The van der Waals surface area contributed by atoms with Gasteiger partial charge in [-0.25, -0.2) is 0 Å². The van der Waals surface area contributed by atoms with Crippen molar-refractivity contribution in [1.82, 2.24) is 24.9 Å². The Kier molecular flexibility index (Phi) is 4.62. The van der Waals surface area contributed by atoms with Crippen LogP contribution in [-0.2, 0) is 6.54 Å². The zero-order valence-electron chi connectivity index (χ0n) is 14.8. The molecule has 1 aliphatic rings. The van der Waals surface area contributed by atoms with Crippen molar-refractivity contribution in [3.8, 4) is 0 Å². The summed E-state index contributed by atoms with van der Waals surface area (Å²) in [7, 11) is 0. The normalized spacial score (nSPS) is 16.0. The average molecular weight is 350 g/mol. The standard InChI is InChI=1S/C19H22N6O/c1-14-7-10-24(11-8-14)13-15-4-2-5-16(12-15)20-19(26)17-6-3-9-25-18(17)21-22-23-25/h2-6,9,12,14H,7-8,10-11,13H2,1H3,(H,20,26). The second-order valence-electron chi connectivity index (χ2n) is 6.98. The minimum absolute atomic E-state index is 0.214. The van der Waals surface area contributed by atoms with Crippen LogP contribution in [0.3, 0.4) is 0 Å². The van der Waals surface area contributed by atoms with Gasteiger partial charge in [-0.1, -0.05) is 19.1 Å². The molecule has 1 aromatic carbocycles. The van der Waals surface area contributed by atoms with Crippen LogP contribution in [0.2, 0.25) is 0 Å². The molecule has 134 valence electrons. The van der Waals surface area contributed by atoms with Gasteiger partial charge in [-0.3, -0.25) is 9.69 Å². The SMILES string of the molecule is CC1CCN(Cc2cccc(NC(=O)c3cccn4nnnc34)c2)CC1. The number of tetrazole rings is 1. The summed E-state index contributed by atoms with van der Waals surface area (Å²) in [5.41, 5.74) is 2.89. The number of hydrogen-bond donors (Lipinski definition) is 1. The van der Waals surface area contributed by atoms with E-state index in [9.17, 15) is 4.79 Å². The number of pyridine rings is 1. The predicted octanol–water partition coefficient (Wildman–Crippen LogP) is 2.61. The molecule has 3 heterocycles. The first-order valence-corrected chi connectivity index (χ1v) is 8.98. The summed E-state index contributed by atoms with van der Waals surface area (Å²) in [5, 5.41) is 14.3. The molecule has 0 aliphatic carbocycles. The van der Waals surface area contributed by atoms with E-state index in [-0.39, 0.29) is 5.91 Å². The molecule has 7 heteroatoms. The molecule has 1 fully saturated rings. The third-order valence-corrected chi connectivity index (χ3v) is 4.94. The molecule has 1 saturated heterocycles. The van der Waals surface area contributed by atoms with Crippen LogP contribution in [0, 0.1) is 5.92 Å². The highest BCUT2D eigenvalue weighted by atomic mass is 16.1. The molecule has 7 nitrogen and oxygen atoms in total. The largest absolute Gasteiger partial charge is 0.322 e. The van der Waals surface area contributed by atoms with Crippen molar-refractivity contribution in [1.29, 1.82) is 0 Å². The molecule has 0 bridgehead atoms. The Morgan fingerprint density at radius 3 is 2.92 bits per heavy atom. The van der Waals surface area contributed by atoms with Crippen LogP contribution < -0.4 is 5.32 Å². The molecule has 0 unspecified atom stereocenters. The monoisotopic (exact) mass is 350 g/mol. The summed E-state index contributed by atoms with van der Waals surface area (Å²) in [6.07, 6.45) is 4.23. The van der Waals surface area contributed by atoms with Gasteiger partial charge in [-0.15, -0.1) is 5.10 Å². The number of carbonyl (C=O) groups excluding carboxylic acids is 1. The number of likely N-dealkylation sites (tertiary alicyclic amines) is 1. The highest BCUT2D eigenvalue weighted by molar-refractivity contribution is 6.08. The van der Waals surface area contributed by atoms with Gasteiger partial charge in [0.1, 0.15) is 0 Å². The molecular formula is C19H22N6O. The second kappa shape index (κ2) is 7.21. The van der Waals surface area contributed by atoms with Gasteiger partial charge in [-0.05, 0) is 72.1 Å². The lowest BCUT2D eigenvalue weighted by atomic mass is 9.99. The summed E-state index contributed by atoms with van der Waals surface area (Å²) >= 11 is 0. The van der Waals surface area contributed by atoms with Crippen molar-refractivity contribution in [2.75, 3.05) is 18.4 Å². The molecule has 1 aliphatic heterocycles. The van der Waals surface area contributed by atoms with Crippen molar-refractivity contribution in [3.05, 3.63) is 53.7 Å². The van der Waals surface area contributed by atoms with Crippen LogP contribution in [0.4, 0.5) is 5.69 Å². The van der Waals surface area contributed by atoms with E-state index in [1.165, 1.54) is 22.9 Å². The molecule has 4 rings (SSSR count). The molecule has 0 spiro atoms. The summed E-state index contributed by atoms with van der Waals surface area (Å²) in [6, 6.07) is 11.5. The number of nitrogens with one attached hydrogen (secondary N) is 1. The molecule has 0 atom stereocenters. The molecule has 26 heavy (non-hydrogen) atoms. The average Bonchev–Trinajstić information content (AvgIpc) is 3.12. The molecule has 1 N–H and O–H groups in total. The first kappa shape index (κ1) is 16.7. The third kappa shape index (κ3) is 3.57. The van der Waals surface area contributed by atoms with E-state index in [4.69, 9.17) is 0 Å². The van der Waals surface area contributed by atoms with E-state index in [1.807, 2.05) is 18.2 Å². The van der Waals surface area contributed by atoms with Crippen LogP contribution in [-0.4, -0.2) is 43.9 Å². The van der Waals surface area contributed by atoms with E-state index in [0.29, 0.717) is 11.2 Å².